The lowest BCUT2D eigenvalue weighted by atomic mass is 9.94. The lowest BCUT2D eigenvalue weighted by Crippen LogP contribution is -2.44. The molecule has 2 atom stereocenters. The van der Waals surface area contributed by atoms with Gasteiger partial charge in [-0.3, -0.25) is 9.59 Å². The Kier molecular flexibility index (Phi) is 12.6. The number of ether oxygens (including phenoxy) is 3. The van der Waals surface area contributed by atoms with Crippen LogP contribution in [0.25, 0.3) is 22.4 Å². The summed E-state index contributed by atoms with van der Waals surface area (Å²) in [6.07, 6.45) is 2.63. The van der Waals surface area contributed by atoms with E-state index in [0.29, 0.717) is 18.6 Å². The molecule has 1 aliphatic heterocycles. The molecule has 4 aromatic rings. The number of nitrogens with zero attached hydrogens (tertiary/aromatic N) is 1. The maximum absolute atomic E-state index is 14.2. The number of aromatic nitrogens is 1. The molecule has 1 aromatic heterocycles. The highest BCUT2D eigenvalue weighted by molar-refractivity contribution is 6.12. The van der Waals surface area contributed by atoms with Crippen molar-refractivity contribution in [1.29, 1.82) is 0 Å². The number of para-hydroxylation sites is 1. The van der Waals surface area contributed by atoms with Crippen LogP contribution in [0, 0.1) is 5.82 Å². The minimum absolute atomic E-state index is 0.00366. The van der Waals surface area contributed by atoms with Crippen molar-refractivity contribution in [3.8, 4) is 22.4 Å². The van der Waals surface area contributed by atoms with E-state index in [1.165, 1.54) is 12.1 Å². The van der Waals surface area contributed by atoms with Crippen molar-refractivity contribution >= 4 is 18.1 Å². The average molecular weight is 671 g/mol. The van der Waals surface area contributed by atoms with Crippen LogP contribution in [0.5, 0.6) is 0 Å². The lowest BCUT2D eigenvalue weighted by Gasteiger charge is -2.41. The Labute approximate surface area is 290 Å². The zero-order chi connectivity index (χ0) is 35.8. The number of carbonyl (C=O) groups is 2. The van der Waals surface area contributed by atoms with Gasteiger partial charge in [-0.05, 0) is 101 Å². The van der Waals surface area contributed by atoms with E-state index in [4.69, 9.17) is 9.47 Å². The predicted molar refractivity (Wildman–Crippen MR) is 194 cm³/mol. The van der Waals surface area contributed by atoms with E-state index in [2.05, 4.69) is 35.4 Å². The molecule has 1 amide bonds. The summed E-state index contributed by atoms with van der Waals surface area (Å²) in [6.45, 7) is 16.9. The zero-order valence-electron chi connectivity index (χ0n) is 30.1. The van der Waals surface area contributed by atoms with Crippen molar-refractivity contribution in [2.24, 2.45) is 0 Å². The number of halogens is 1. The highest BCUT2D eigenvalue weighted by Crippen LogP contribution is 2.43. The van der Waals surface area contributed by atoms with Gasteiger partial charge in [-0.2, -0.15) is 0 Å². The first-order valence-corrected chi connectivity index (χ1v) is 17.1. The molecule has 1 saturated heterocycles. The van der Waals surface area contributed by atoms with Gasteiger partial charge >= 0.3 is 0 Å². The van der Waals surface area contributed by atoms with Crippen molar-refractivity contribution in [3.05, 3.63) is 102 Å². The molecular weight excluding hydrogens is 619 g/mol. The van der Waals surface area contributed by atoms with Gasteiger partial charge in [-0.15, -0.1) is 0 Å². The number of carbonyl (C=O) groups excluding carboxylic acids is 2. The summed E-state index contributed by atoms with van der Waals surface area (Å²) in [5.41, 5.74) is 5.54. The minimum atomic E-state index is -0.656. The quantitative estimate of drug-likeness (QED) is 0.170. The van der Waals surface area contributed by atoms with Crippen LogP contribution < -0.4 is 5.32 Å². The number of benzene rings is 3. The Bertz CT molecular complexity index is 1660. The van der Waals surface area contributed by atoms with Crippen molar-refractivity contribution in [2.75, 3.05) is 5.32 Å². The number of nitrogens with one attached hydrogen (secondary N) is 1. The molecule has 1 fully saturated rings. The standard InChI is InChI=1S/C36H41FN2O3.C5H10O2/c1-6-29-23-30(42-36(4,5)41-29)21-22-39-33(24(2)3)32(35(40)38-28-15-11-8-12-16-28)31(25-13-9-7-10-14-25)34(39)26-17-19-27(37)20-18-26;1-5(2,3)7-4-6/h7-20,24,29-30H,6,21-23H2,1-5H3,(H,38,40);4H,1-3H3. The zero-order valence-corrected chi connectivity index (χ0v) is 30.1. The van der Waals surface area contributed by atoms with Crippen molar-refractivity contribution in [3.63, 3.8) is 0 Å². The molecule has 0 bridgehead atoms. The first-order chi connectivity index (χ1) is 23.2. The van der Waals surface area contributed by atoms with Crippen molar-refractivity contribution in [2.45, 2.75) is 111 Å². The second-order valence-electron chi connectivity index (χ2n) is 14.1. The van der Waals surface area contributed by atoms with Crippen LogP contribution in [0.4, 0.5) is 10.1 Å². The first-order valence-electron chi connectivity index (χ1n) is 17.1. The summed E-state index contributed by atoms with van der Waals surface area (Å²) in [5.74, 6) is -1.08. The number of hydrogen-bond acceptors (Lipinski definition) is 5. The smallest absolute Gasteiger partial charge is 0.293 e. The summed E-state index contributed by atoms with van der Waals surface area (Å²) in [7, 11) is 0. The molecular formula is C41H51FN2O5. The van der Waals surface area contributed by atoms with E-state index in [-0.39, 0.29) is 35.5 Å². The van der Waals surface area contributed by atoms with Crippen molar-refractivity contribution in [1.82, 2.24) is 4.57 Å². The van der Waals surface area contributed by atoms with E-state index in [9.17, 15) is 14.0 Å². The van der Waals surface area contributed by atoms with Gasteiger partial charge in [0.1, 0.15) is 11.4 Å². The second kappa shape index (κ2) is 16.4. The highest BCUT2D eigenvalue weighted by atomic mass is 19.1. The van der Waals surface area contributed by atoms with Gasteiger partial charge in [0.25, 0.3) is 12.4 Å². The average Bonchev–Trinajstić information content (AvgIpc) is 3.39. The van der Waals surface area contributed by atoms with Gasteiger partial charge < -0.3 is 24.1 Å². The molecule has 2 heterocycles. The molecule has 0 spiro atoms. The molecule has 7 nitrogen and oxygen atoms in total. The van der Waals surface area contributed by atoms with Crippen LogP contribution in [-0.4, -0.2) is 40.5 Å². The van der Waals surface area contributed by atoms with Crippen LogP contribution in [-0.2, 0) is 25.5 Å². The van der Waals surface area contributed by atoms with Crippen LogP contribution in [0.1, 0.15) is 96.6 Å². The van der Waals surface area contributed by atoms with Gasteiger partial charge in [0.15, 0.2) is 5.79 Å². The summed E-state index contributed by atoms with van der Waals surface area (Å²) >= 11 is 0. The lowest BCUT2D eigenvalue weighted by molar-refractivity contribution is -0.300. The van der Waals surface area contributed by atoms with E-state index >= 15 is 0 Å². The first kappa shape index (κ1) is 37.5. The van der Waals surface area contributed by atoms with Crippen LogP contribution in [0.2, 0.25) is 0 Å². The third kappa shape index (κ3) is 10.1. The van der Waals surface area contributed by atoms with Gasteiger partial charge in [-0.1, -0.05) is 69.3 Å². The van der Waals surface area contributed by atoms with E-state index in [1.807, 2.05) is 95.3 Å². The Morgan fingerprint density at radius 2 is 1.55 bits per heavy atom. The van der Waals surface area contributed by atoms with Gasteiger partial charge in [0, 0.05) is 29.9 Å². The molecule has 1 aliphatic rings. The topological polar surface area (TPSA) is 78.8 Å². The maximum Gasteiger partial charge on any atom is 0.293 e. The predicted octanol–water partition coefficient (Wildman–Crippen LogP) is 10.0. The molecule has 0 aliphatic carbocycles. The molecule has 3 aromatic carbocycles. The van der Waals surface area contributed by atoms with Gasteiger partial charge in [-0.25, -0.2) is 4.39 Å². The summed E-state index contributed by atoms with van der Waals surface area (Å²) in [5, 5.41) is 3.14. The van der Waals surface area contributed by atoms with E-state index in [0.717, 1.165) is 53.0 Å². The largest absolute Gasteiger partial charge is 0.462 e. The fourth-order valence-corrected chi connectivity index (χ4v) is 6.27. The number of amides is 1. The summed E-state index contributed by atoms with van der Waals surface area (Å²) < 4.78 is 33.5. The summed E-state index contributed by atoms with van der Waals surface area (Å²) in [6, 6.07) is 26.1. The Morgan fingerprint density at radius 3 is 2.08 bits per heavy atom. The normalized spacial score (nSPS) is 17.2. The fourth-order valence-electron chi connectivity index (χ4n) is 6.27. The van der Waals surface area contributed by atoms with Crippen molar-refractivity contribution < 1.29 is 28.2 Å². The molecule has 262 valence electrons. The fraction of sp³-hybridized carbons (Fsp3) is 0.415. The van der Waals surface area contributed by atoms with Crippen LogP contribution >= 0.6 is 0 Å². The van der Waals surface area contributed by atoms with E-state index < -0.39 is 5.79 Å². The van der Waals surface area contributed by atoms with Crippen LogP contribution in [0.15, 0.2) is 84.9 Å². The number of hydrogen-bond donors (Lipinski definition) is 1. The Balaban J connectivity index is 0.000000698. The minimum Gasteiger partial charge on any atom is -0.462 e. The molecule has 2 unspecified atom stereocenters. The third-order valence-corrected chi connectivity index (χ3v) is 8.25. The third-order valence-electron chi connectivity index (χ3n) is 8.25. The monoisotopic (exact) mass is 670 g/mol. The molecule has 8 heteroatoms. The van der Waals surface area contributed by atoms with Gasteiger partial charge in [0.05, 0.1) is 23.5 Å². The van der Waals surface area contributed by atoms with Gasteiger partial charge in [0.2, 0.25) is 0 Å². The molecule has 5 rings (SSSR count). The Morgan fingerprint density at radius 1 is 0.959 bits per heavy atom. The van der Waals surface area contributed by atoms with E-state index in [1.54, 1.807) is 12.1 Å². The highest BCUT2D eigenvalue weighted by Gasteiger charge is 2.36. The van der Waals surface area contributed by atoms with Crippen LogP contribution in [0.3, 0.4) is 0 Å². The summed E-state index contributed by atoms with van der Waals surface area (Å²) in [4.78, 5) is 23.8. The molecule has 49 heavy (non-hydrogen) atoms. The number of rotatable bonds is 10. The molecule has 0 radical (unpaired) electrons. The number of anilines is 1. The SMILES string of the molecule is CC(C)(C)OC=O.CCC1CC(CCn2c(-c3ccc(F)cc3)c(-c3ccccc3)c(C(=O)Nc3ccccc3)c2C(C)C)OC(C)(C)O1. The second-order valence-corrected chi connectivity index (χ2v) is 14.1. The molecule has 0 saturated carbocycles. The molecule has 1 N–H and O–H groups in total. The maximum atomic E-state index is 14.2. The Hall–Kier alpha value is -4.27.